The zero-order valence-corrected chi connectivity index (χ0v) is 9.57. The Kier molecular flexibility index (Phi) is 2.40. The topological polar surface area (TPSA) is 17.1 Å². The van der Waals surface area contributed by atoms with Crippen LogP contribution in [0.5, 0.6) is 0 Å². The largest absolute Gasteiger partial charge is 0.294 e. The number of ketones is 1. The number of carbonyl (C=O) groups excluding carboxylic acids is 1. The molecule has 0 saturated carbocycles. The Balaban J connectivity index is 2.59. The van der Waals surface area contributed by atoms with Crippen molar-refractivity contribution in [1.29, 1.82) is 0 Å². The first-order valence-electron chi connectivity index (χ1n) is 4.89. The molecule has 0 amide bonds. The summed E-state index contributed by atoms with van der Waals surface area (Å²) in [5, 5.41) is 0.427. The van der Waals surface area contributed by atoms with Crippen molar-refractivity contribution in [2.24, 2.45) is 0 Å². The van der Waals surface area contributed by atoms with E-state index >= 15 is 0 Å². The third-order valence-corrected chi connectivity index (χ3v) is 3.86. The molecule has 74 valence electrons. The minimum absolute atomic E-state index is 0.304. The molecule has 0 saturated heterocycles. The van der Waals surface area contributed by atoms with E-state index in [-0.39, 0.29) is 0 Å². The summed E-state index contributed by atoms with van der Waals surface area (Å²) in [7, 11) is 0. The maximum absolute atomic E-state index is 11.8. The summed E-state index contributed by atoms with van der Waals surface area (Å²) in [6.07, 6.45) is 0.681. The zero-order valence-electron chi connectivity index (χ0n) is 8.76. The first-order chi connectivity index (χ1) is 6.58. The number of hydrogen-bond donors (Lipinski definition) is 0. The number of aryl methyl sites for hydroxylation is 2. The number of Topliss-reactive ketones (excluding diaryl/α,β-unsaturated/α-hetero) is 1. The lowest BCUT2D eigenvalue weighted by atomic mass is 10.0. The lowest BCUT2D eigenvalue weighted by molar-refractivity contribution is 0.0978. The van der Waals surface area contributed by atoms with Gasteiger partial charge in [-0.2, -0.15) is 0 Å². The first kappa shape index (κ1) is 9.78. The monoisotopic (exact) mass is 206 g/mol. The molecule has 0 N–H and O–H groups in total. The summed E-state index contributed by atoms with van der Waals surface area (Å²) in [6.45, 7) is 6.25. The van der Waals surface area contributed by atoms with E-state index in [9.17, 15) is 4.79 Å². The average molecular weight is 206 g/mol. The lowest BCUT2D eigenvalue weighted by Crippen LogP contribution is -2.15. The van der Waals surface area contributed by atoms with Gasteiger partial charge < -0.3 is 0 Å². The quantitative estimate of drug-likeness (QED) is 0.647. The molecule has 0 fully saturated rings. The molecule has 1 aliphatic rings. The van der Waals surface area contributed by atoms with Crippen molar-refractivity contribution in [2.45, 2.75) is 37.3 Å². The number of thioether (sulfide) groups is 1. The number of rotatable bonds is 0. The molecule has 0 bridgehead atoms. The Hall–Kier alpha value is -0.760. The summed E-state index contributed by atoms with van der Waals surface area (Å²) < 4.78 is 0. The molecule has 1 nitrogen and oxygen atoms in total. The highest BCUT2D eigenvalue weighted by atomic mass is 32.2. The van der Waals surface area contributed by atoms with Gasteiger partial charge in [-0.25, -0.2) is 0 Å². The van der Waals surface area contributed by atoms with Crippen molar-refractivity contribution in [1.82, 2.24) is 0 Å². The molecule has 0 aliphatic carbocycles. The van der Waals surface area contributed by atoms with Crippen molar-refractivity contribution in [3.63, 3.8) is 0 Å². The Labute approximate surface area is 88.9 Å². The van der Waals surface area contributed by atoms with Crippen molar-refractivity contribution >= 4 is 17.5 Å². The lowest BCUT2D eigenvalue weighted by Gasteiger charge is -2.22. The van der Waals surface area contributed by atoms with Crippen molar-refractivity contribution in [3.05, 3.63) is 28.8 Å². The summed E-state index contributed by atoms with van der Waals surface area (Å²) >= 11 is 1.83. The molecule has 1 unspecified atom stereocenters. The fourth-order valence-corrected chi connectivity index (χ4v) is 3.11. The van der Waals surface area contributed by atoms with E-state index < -0.39 is 0 Å². The molecule has 1 aromatic carbocycles. The minimum atomic E-state index is 0.304. The Bertz CT molecular complexity index is 396. The molecular formula is C12H14OS. The molecule has 0 radical (unpaired) electrons. The predicted octanol–water partition coefficient (Wildman–Crippen LogP) is 3.37. The molecular weight excluding hydrogens is 192 g/mol. The van der Waals surface area contributed by atoms with Gasteiger partial charge in [0, 0.05) is 22.1 Å². The zero-order chi connectivity index (χ0) is 10.3. The molecule has 2 heteroatoms. The van der Waals surface area contributed by atoms with Gasteiger partial charge >= 0.3 is 0 Å². The van der Waals surface area contributed by atoms with Crippen LogP contribution in [0.1, 0.15) is 34.8 Å². The van der Waals surface area contributed by atoms with E-state index in [1.165, 1.54) is 16.0 Å². The normalized spacial score (nSPS) is 20.8. The van der Waals surface area contributed by atoms with Crippen LogP contribution < -0.4 is 0 Å². The second kappa shape index (κ2) is 3.43. The molecule has 1 atom stereocenters. The van der Waals surface area contributed by atoms with Crippen molar-refractivity contribution in [3.8, 4) is 0 Å². The van der Waals surface area contributed by atoms with Crippen LogP contribution in [0.2, 0.25) is 0 Å². The van der Waals surface area contributed by atoms with E-state index in [1.54, 1.807) is 0 Å². The van der Waals surface area contributed by atoms with Crippen LogP contribution in [-0.2, 0) is 0 Å². The van der Waals surface area contributed by atoms with E-state index in [4.69, 9.17) is 0 Å². The predicted molar refractivity (Wildman–Crippen MR) is 60.2 cm³/mol. The summed E-state index contributed by atoms with van der Waals surface area (Å²) in [5.74, 6) is 0.304. The van der Waals surface area contributed by atoms with Gasteiger partial charge in [-0.1, -0.05) is 18.6 Å². The molecule has 1 aromatic rings. The Morgan fingerprint density at radius 3 is 2.79 bits per heavy atom. The summed E-state index contributed by atoms with van der Waals surface area (Å²) in [5.41, 5.74) is 3.36. The van der Waals surface area contributed by atoms with Gasteiger partial charge in [0.25, 0.3) is 0 Å². The number of carbonyl (C=O) groups is 1. The second-order valence-corrected chi connectivity index (χ2v) is 5.46. The molecule has 0 spiro atoms. The van der Waals surface area contributed by atoms with E-state index in [0.29, 0.717) is 17.5 Å². The van der Waals surface area contributed by atoms with Crippen LogP contribution in [-0.4, -0.2) is 11.0 Å². The number of fused-ring (bicyclic) bond motifs is 1. The third kappa shape index (κ3) is 1.59. The maximum Gasteiger partial charge on any atom is 0.165 e. The van der Waals surface area contributed by atoms with Crippen LogP contribution in [0, 0.1) is 13.8 Å². The van der Waals surface area contributed by atoms with E-state index in [2.05, 4.69) is 19.9 Å². The van der Waals surface area contributed by atoms with Gasteiger partial charge in [0.15, 0.2) is 5.78 Å². The summed E-state index contributed by atoms with van der Waals surface area (Å²) in [4.78, 5) is 13.0. The standard InChI is InChI=1S/C12H14OS/c1-7-4-8(2)12-10(5-7)11(13)6-9(3)14-12/h4-5,9H,6H2,1-3H3. The van der Waals surface area contributed by atoms with E-state index in [1.807, 2.05) is 24.8 Å². The minimum Gasteiger partial charge on any atom is -0.294 e. The average Bonchev–Trinajstić information content (AvgIpc) is 2.07. The SMILES string of the molecule is Cc1cc(C)c2c(c1)C(=O)CC(C)S2. The molecule has 0 aromatic heterocycles. The maximum atomic E-state index is 11.8. The van der Waals surface area contributed by atoms with Crippen molar-refractivity contribution in [2.75, 3.05) is 0 Å². The Morgan fingerprint density at radius 2 is 2.07 bits per heavy atom. The fraction of sp³-hybridized carbons (Fsp3) is 0.417. The summed E-state index contributed by atoms with van der Waals surface area (Å²) in [6, 6.07) is 4.17. The van der Waals surface area contributed by atoms with Gasteiger partial charge in [0.1, 0.15) is 0 Å². The third-order valence-electron chi connectivity index (χ3n) is 2.51. The highest BCUT2D eigenvalue weighted by Gasteiger charge is 2.24. The molecule has 1 heterocycles. The van der Waals surface area contributed by atoms with Gasteiger partial charge in [0.05, 0.1) is 0 Å². The molecule has 14 heavy (non-hydrogen) atoms. The highest BCUT2D eigenvalue weighted by molar-refractivity contribution is 8.00. The van der Waals surface area contributed by atoms with E-state index in [0.717, 1.165) is 5.56 Å². The van der Waals surface area contributed by atoms with Crippen LogP contribution in [0.15, 0.2) is 17.0 Å². The molecule has 1 aliphatic heterocycles. The second-order valence-electron chi connectivity index (χ2n) is 4.01. The van der Waals surface area contributed by atoms with Gasteiger partial charge in [-0.3, -0.25) is 4.79 Å². The number of benzene rings is 1. The number of hydrogen-bond acceptors (Lipinski definition) is 2. The van der Waals surface area contributed by atoms with Gasteiger partial charge in [-0.15, -0.1) is 11.8 Å². The smallest absolute Gasteiger partial charge is 0.165 e. The van der Waals surface area contributed by atoms with Crippen LogP contribution >= 0.6 is 11.8 Å². The van der Waals surface area contributed by atoms with Crippen LogP contribution in [0.25, 0.3) is 0 Å². The highest BCUT2D eigenvalue weighted by Crippen LogP contribution is 2.37. The fourth-order valence-electron chi connectivity index (χ4n) is 1.93. The Morgan fingerprint density at radius 1 is 1.36 bits per heavy atom. The van der Waals surface area contributed by atoms with Gasteiger partial charge in [-0.05, 0) is 25.5 Å². The molecule has 2 rings (SSSR count). The first-order valence-corrected chi connectivity index (χ1v) is 5.77. The van der Waals surface area contributed by atoms with Crippen LogP contribution in [0.3, 0.4) is 0 Å². The van der Waals surface area contributed by atoms with Gasteiger partial charge in [0.2, 0.25) is 0 Å². The van der Waals surface area contributed by atoms with Crippen LogP contribution in [0.4, 0.5) is 0 Å². The van der Waals surface area contributed by atoms with Crippen molar-refractivity contribution < 1.29 is 4.79 Å².